The van der Waals surface area contributed by atoms with Gasteiger partial charge in [-0.3, -0.25) is 0 Å². The van der Waals surface area contributed by atoms with E-state index in [1.807, 2.05) is 24.3 Å². The van der Waals surface area contributed by atoms with E-state index < -0.39 is 17.7 Å². The molecule has 0 N–H and O–H groups in total. The number of carbonyl (C=O) groups excluding carboxylic acids is 2. The van der Waals surface area contributed by atoms with Crippen LogP contribution in [0.25, 0.3) is 22.3 Å². The van der Waals surface area contributed by atoms with Gasteiger partial charge in [-0.05, 0) is 59.7 Å². The smallest absolute Gasteiger partial charge is 0.489 e. The molecule has 0 aromatic heterocycles. The van der Waals surface area contributed by atoms with Gasteiger partial charge in [0.2, 0.25) is 5.60 Å². The molecule has 0 radical (unpaired) electrons. The van der Waals surface area contributed by atoms with E-state index in [2.05, 4.69) is 62.0 Å². The summed E-state index contributed by atoms with van der Waals surface area (Å²) in [5.74, 6) is 0.0334. The van der Waals surface area contributed by atoms with Gasteiger partial charge in [-0.25, -0.2) is 9.59 Å². The van der Waals surface area contributed by atoms with Crippen molar-refractivity contribution < 1.29 is 28.5 Å². The zero-order chi connectivity index (χ0) is 31.9. The van der Waals surface area contributed by atoms with E-state index in [0.29, 0.717) is 5.75 Å². The van der Waals surface area contributed by atoms with Gasteiger partial charge in [-0.2, -0.15) is 0 Å². The minimum atomic E-state index is -1.21. The van der Waals surface area contributed by atoms with Gasteiger partial charge in [0, 0.05) is 5.57 Å². The molecular formula is C39H48O6. The van der Waals surface area contributed by atoms with Crippen molar-refractivity contribution in [2.45, 2.75) is 90.1 Å². The normalized spacial score (nSPS) is 15.7. The van der Waals surface area contributed by atoms with Crippen LogP contribution < -0.4 is 4.74 Å². The molecule has 3 aromatic carbocycles. The van der Waals surface area contributed by atoms with E-state index in [0.717, 1.165) is 17.5 Å². The van der Waals surface area contributed by atoms with Gasteiger partial charge >= 0.3 is 12.1 Å². The van der Waals surface area contributed by atoms with Gasteiger partial charge in [0.25, 0.3) is 0 Å². The highest BCUT2D eigenvalue weighted by atomic mass is 16.8. The first-order valence-corrected chi connectivity index (χ1v) is 16.5. The fourth-order valence-corrected chi connectivity index (χ4v) is 5.42. The van der Waals surface area contributed by atoms with Crippen LogP contribution in [0.2, 0.25) is 0 Å². The summed E-state index contributed by atoms with van der Waals surface area (Å²) < 4.78 is 21.4. The number of unbranched alkanes of at least 4 members (excludes halogenated alkanes) is 9. The van der Waals surface area contributed by atoms with Crippen LogP contribution in [-0.2, 0) is 25.4 Å². The highest BCUT2D eigenvalue weighted by molar-refractivity contribution is 5.87. The molecule has 1 unspecified atom stereocenters. The maximum Gasteiger partial charge on any atom is 0.509 e. The number of esters is 1. The van der Waals surface area contributed by atoms with Crippen molar-refractivity contribution in [2.75, 3.05) is 19.8 Å². The third-order valence-electron chi connectivity index (χ3n) is 8.25. The predicted octanol–water partition coefficient (Wildman–Crippen LogP) is 9.89. The molecular weight excluding hydrogens is 564 g/mol. The Balaban J connectivity index is 1.22. The standard InChI is InChI=1S/C39H48O6/c1-4-5-6-7-8-9-10-11-12-13-14-31-15-17-32(18-16-31)33-19-21-34(22-20-33)35-23-25-36(26-24-35)42-27-39(29-44-38(41)45-39)28-43-37(40)30(2)3/h15-26H,2,4-14,27-29H2,1,3H3. The quantitative estimate of drug-likeness (QED) is 0.0762. The van der Waals surface area contributed by atoms with E-state index in [9.17, 15) is 9.59 Å². The lowest BCUT2D eigenvalue weighted by Crippen LogP contribution is -2.44. The molecule has 1 aliphatic heterocycles. The second-order valence-corrected chi connectivity index (χ2v) is 12.2. The summed E-state index contributed by atoms with van der Waals surface area (Å²) in [6.45, 7) is 7.12. The Hall–Kier alpha value is -4.06. The van der Waals surface area contributed by atoms with Crippen LogP contribution in [0.3, 0.4) is 0 Å². The Labute approximate surface area is 268 Å². The van der Waals surface area contributed by atoms with E-state index in [1.165, 1.54) is 80.9 Å². The minimum Gasteiger partial charge on any atom is -0.489 e. The number of benzene rings is 3. The second-order valence-electron chi connectivity index (χ2n) is 12.2. The summed E-state index contributed by atoms with van der Waals surface area (Å²) in [4.78, 5) is 23.5. The lowest BCUT2D eigenvalue weighted by atomic mass is 9.98. The maximum atomic E-state index is 11.8. The number of ether oxygens (including phenoxy) is 4. The topological polar surface area (TPSA) is 71.1 Å². The third kappa shape index (κ3) is 10.8. The summed E-state index contributed by atoms with van der Waals surface area (Å²) in [6, 6.07) is 25.2. The summed E-state index contributed by atoms with van der Waals surface area (Å²) in [5, 5.41) is 0. The van der Waals surface area contributed by atoms with Crippen molar-refractivity contribution in [3.63, 3.8) is 0 Å². The molecule has 6 nitrogen and oxygen atoms in total. The Morgan fingerprint density at radius 2 is 1.22 bits per heavy atom. The van der Waals surface area contributed by atoms with Gasteiger partial charge < -0.3 is 18.9 Å². The maximum absolute atomic E-state index is 11.8. The van der Waals surface area contributed by atoms with Crippen molar-refractivity contribution in [3.8, 4) is 28.0 Å². The van der Waals surface area contributed by atoms with Crippen LogP contribution in [-0.4, -0.2) is 37.5 Å². The number of cyclic esters (lactones) is 2. The van der Waals surface area contributed by atoms with E-state index in [-0.39, 0.29) is 25.4 Å². The van der Waals surface area contributed by atoms with Crippen molar-refractivity contribution >= 4 is 12.1 Å². The Kier molecular flexibility index (Phi) is 13.1. The van der Waals surface area contributed by atoms with Crippen molar-refractivity contribution in [3.05, 3.63) is 90.5 Å². The molecule has 1 aliphatic rings. The van der Waals surface area contributed by atoms with Crippen LogP contribution in [0, 0.1) is 0 Å². The highest BCUT2D eigenvalue weighted by Crippen LogP contribution is 2.28. The molecule has 0 saturated carbocycles. The zero-order valence-corrected chi connectivity index (χ0v) is 27.0. The molecule has 1 saturated heterocycles. The van der Waals surface area contributed by atoms with Crippen LogP contribution in [0.5, 0.6) is 5.75 Å². The fraction of sp³-hybridized carbons (Fsp3) is 0.436. The number of hydrogen-bond acceptors (Lipinski definition) is 6. The summed E-state index contributed by atoms with van der Waals surface area (Å²) >= 11 is 0. The van der Waals surface area contributed by atoms with E-state index in [1.54, 1.807) is 6.92 Å². The SMILES string of the molecule is C=C(C)C(=O)OCC1(COc2ccc(-c3ccc(-c4ccc(CCCCCCCCCCCC)cc4)cc3)cc2)COC(=O)O1. The molecule has 4 rings (SSSR count). The summed E-state index contributed by atoms with van der Waals surface area (Å²) in [6.07, 6.45) is 14.0. The van der Waals surface area contributed by atoms with Crippen LogP contribution in [0.1, 0.15) is 83.6 Å². The Morgan fingerprint density at radius 1 is 0.733 bits per heavy atom. The van der Waals surface area contributed by atoms with Crippen molar-refractivity contribution in [1.82, 2.24) is 0 Å². The van der Waals surface area contributed by atoms with Gasteiger partial charge in [-0.15, -0.1) is 0 Å². The number of carbonyl (C=O) groups is 2. The average molecular weight is 613 g/mol. The molecule has 3 aromatic rings. The molecule has 1 fully saturated rings. The summed E-state index contributed by atoms with van der Waals surface area (Å²) in [5.41, 5.74) is 5.03. The third-order valence-corrected chi connectivity index (χ3v) is 8.25. The predicted molar refractivity (Wildman–Crippen MR) is 179 cm³/mol. The molecule has 0 spiro atoms. The second kappa shape index (κ2) is 17.4. The van der Waals surface area contributed by atoms with Crippen LogP contribution >= 0.6 is 0 Å². The zero-order valence-electron chi connectivity index (χ0n) is 27.0. The van der Waals surface area contributed by atoms with Crippen LogP contribution in [0.15, 0.2) is 84.9 Å². The molecule has 240 valence electrons. The average Bonchev–Trinajstić information content (AvgIpc) is 3.44. The first-order valence-electron chi connectivity index (χ1n) is 16.5. The first-order chi connectivity index (χ1) is 21.9. The molecule has 0 bridgehead atoms. The van der Waals surface area contributed by atoms with Gasteiger partial charge in [0.15, 0.2) is 0 Å². The monoisotopic (exact) mass is 612 g/mol. The lowest BCUT2D eigenvalue weighted by molar-refractivity contribution is -0.146. The number of hydrogen-bond donors (Lipinski definition) is 0. The molecule has 6 heteroatoms. The van der Waals surface area contributed by atoms with Crippen molar-refractivity contribution in [2.24, 2.45) is 0 Å². The molecule has 45 heavy (non-hydrogen) atoms. The molecule has 0 amide bonds. The first kappa shape index (κ1) is 33.8. The summed E-state index contributed by atoms with van der Waals surface area (Å²) in [7, 11) is 0. The number of aryl methyl sites for hydroxylation is 1. The highest BCUT2D eigenvalue weighted by Gasteiger charge is 2.45. The van der Waals surface area contributed by atoms with Gasteiger partial charge in [0.1, 0.15) is 25.6 Å². The van der Waals surface area contributed by atoms with Crippen molar-refractivity contribution in [1.29, 1.82) is 0 Å². The minimum absolute atomic E-state index is 0.0195. The largest absolute Gasteiger partial charge is 0.509 e. The van der Waals surface area contributed by atoms with Gasteiger partial charge in [0.05, 0.1) is 0 Å². The fourth-order valence-electron chi connectivity index (χ4n) is 5.42. The lowest BCUT2D eigenvalue weighted by Gasteiger charge is -2.24. The van der Waals surface area contributed by atoms with E-state index in [4.69, 9.17) is 18.9 Å². The molecule has 0 aliphatic carbocycles. The Bertz CT molecular complexity index is 1360. The number of rotatable bonds is 19. The molecule has 1 heterocycles. The Morgan fingerprint density at radius 3 is 1.71 bits per heavy atom. The van der Waals surface area contributed by atoms with Crippen LogP contribution in [0.4, 0.5) is 4.79 Å². The van der Waals surface area contributed by atoms with E-state index >= 15 is 0 Å². The molecule has 1 atom stereocenters. The van der Waals surface area contributed by atoms with Gasteiger partial charge in [-0.1, -0.05) is 132 Å².